The summed E-state index contributed by atoms with van der Waals surface area (Å²) in [5.41, 5.74) is 4.97. The first kappa shape index (κ1) is 20.6. The van der Waals surface area contributed by atoms with Crippen LogP contribution in [0.25, 0.3) is 0 Å². The Balaban J connectivity index is 1.49. The number of imidazole rings is 1. The highest BCUT2D eigenvalue weighted by Gasteiger charge is 2.26. The fraction of sp³-hybridized carbons (Fsp3) is 0.375. The van der Waals surface area contributed by atoms with E-state index in [1.165, 1.54) is 22.8 Å². The second-order valence-corrected chi connectivity index (χ2v) is 8.16. The van der Waals surface area contributed by atoms with Gasteiger partial charge in [-0.2, -0.15) is 0 Å². The molecule has 2 aromatic carbocycles. The Kier molecular flexibility index (Phi) is 5.88. The third-order valence-electron chi connectivity index (χ3n) is 6.08. The van der Waals surface area contributed by atoms with E-state index in [1.807, 2.05) is 11.9 Å². The molecule has 0 radical (unpaired) electrons. The van der Waals surface area contributed by atoms with Crippen molar-refractivity contribution in [2.45, 2.75) is 26.5 Å². The maximum atomic E-state index is 14.9. The lowest BCUT2D eigenvalue weighted by Gasteiger charge is -2.37. The minimum Gasteiger partial charge on any atom is -0.380 e. The van der Waals surface area contributed by atoms with Crippen molar-refractivity contribution in [1.29, 1.82) is 0 Å². The van der Waals surface area contributed by atoms with Gasteiger partial charge in [0.2, 0.25) is 0 Å². The summed E-state index contributed by atoms with van der Waals surface area (Å²) in [5.74, 6) is 0.207. The maximum absolute atomic E-state index is 14.9. The third-order valence-corrected chi connectivity index (χ3v) is 6.08. The first-order chi connectivity index (χ1) is 14.4. The van der Waals surface area contributed by atoms with E-state index in [0.29, 0.717) is 30.2 Å². The summed E-state index contributed by atoms with van der Waals surface area (Å²) in [6, 6.07) is 11.5. The fourth-order valence-electron chi connectivity index (χ4n) is 4.16. The van der Waals surface area contributed by atoms with Gasteiger partial charge in [-0.25, -0.2) is 9.37 Å². The molecule has 1 aliphatic rings. The van der Waals surface area contributed by atoms with E-state index in [-0.39, 0.29) is 5.82 Å². The highest BCUT2D eigenvalue weighted by atomic mass is 19.1. The number of benzene rings is 2. The van der Waals surface area contributed by atoms with E-state index >= 15 is 0 Å². The Bertz CT molecular complexity index is 1020. The zero-order valence-electron chi connectivity index (χ0n) is 17.8. The number of aryl methyl sites for hydroxylation is 3. The molecule has 1 fully saturated rings. The smallest absolute Gasteiger partial charge is 0.146 e. The molecule has 1 aromatic heterocycles. The zero-order valence-corrected chi connectivity index (χ0v) is 17.8. The van der Waals surface area contributed by atoms with Crippen molar-refractivity contribution in [1.82, 2.24) is 14.5 Å². The van der Waals surface area contributed by atoms with Crippen LogP contribution in [0.1, 0.15) is 34.2 Å². The van der Waals surface area contributed by atoms with E-state index in [9.17, 15) is 9.50 Å². The van der Waals surface area contributed by atoms with Gasteiger partial charge in [-0.3, -0.25) is 4.90 Å². The molecule has 2 heterocycles. The predicted molar refractivity (Wildman–Crippen MR) is 117 cm³/mol. The molecule has 4 rings (SSSR count). The molecule has 6 heteroatoms. The number of aliphatic hydroxyl groups excluding tert-OH is 1. The van der Waals surface area contributed by atoms with Crippen LogP contribution in [0.15, 0.2) is 48.8 Å². The number of rotatable bonds is 5. The average molecular weight is 409 g/mol. The third kappa shape index (κ3) is 4.11. The van der Waals surface area contributed by atoms with E-state index < -0.39 is 6.10 Å². The lowest BCUT2D eigenvalue weighted by molar-refractivity contribution is 0.205. The number of piperazine rings is 1. The molecular formula is C24H29FN4O. The van der Waals surface area contributed by atoms with Gasteiger partial charge < -0.3 is 14.6 Å². The maximum Gasteiger partial charge on any atom is 0.146 e. The van der Waals surface area contributed by atoms with Gasteiger partial charge in [-0.05, 0) is 36.6 Å². The van der Waals surface area contributed by atoms with Crippen LogP contribution >= 0.6 is 0 Å². The van der Waals surface area contributed by atoms with Crippen LogP contribution < -0.4 is 4.90 Å². The number of para-hydroxylation sites is 1. The second kappa shape index (κ2) is 8.58. The SMILES string of the molecule is Cc1ccc(CN2CCN(c3c(F)cccc3C(O)c3nccn3C)CC2)cc1C. The lowest BCUT2D eigenvalue weighted by atomic mass is 10.0. The molecular weight excluding hydrogens is 379 g/mol. The number of aromatic nitrogens is 2. The van der Waals surface area contributed by atoms with E-state index in [0.717, 1.165) is 19.6 Å². The summed E-state index contributed by atoms with van der Waals surface area (Å²) < 4.78 is 16.6. The van der Waals surface area contributed by atoms with Crippen LogP contribution in [-0.4, -0.2) is 45.7 Å². The first-order valence-corrected chi connectivity index (χ1v) is 10.4. The number of aliphatic hydroxyl groups is 1. The number of nitrogens with zero attached hydrogens (tertiary/aromatic N) is 4. The van der Waals surface area contributed by atoms with Gasteiger partial charge in [0.1, 0.15) is 17.7 Å². The summed E-state index contributed by atoms with van der Waals surface area (Å²) in [7, 11) is 1.83. The molecule has 1 aliphatic heterocycles. The Morgan fingerprint density at radius 2 is 1.83 bits per heavy atom. The Morgan fingerprint density at radius 1 is 1.07 bits per heavy atom. The Morgan fingerprint density at radius 3 is 2.50 bits per heavy atom. The van der Waals surface area contributed by atoms with Crippen molar-refractivity contribution >= 4 is 5.69 Å². The molecule has 1 saturated heterocycles. The molecule has 1 atom stereocenters. The second-order valence-electron chi connectivity index (χ2n) is 8.16. The van der Waals surface area contributed by atoms with E-state index in [4.69, 9.17) is 0 Å². The van der Waals surface area contributed by atoms with E-state index in [1.54, 1.807) is 29.1 Å². The quantitative estimate of drug-likeness (QED) is 0.701. The Hall–Kier alpha value is -2.70. The topological polar surface area (TPSA) is 44.5 Å². The molecule has 1 unspecified atom stereocenters. The summed E-state index contributed by atoms with van der Waals surface area (Å²) >= 11 is 0. The molecule has 158 valence electrons. The fourth-order valence-corrected chi connectivity index (χ4v) is 4.16. The van der Waals surface area contributed by atoms with Crippen LogP contribution in [-0.2, 0) is 13.6 Å². The minimum atomic E-state index is -0.968. The lowest BCUT2D eigenvalue weighted by Crippen LogP contribution is -2.46. The standard InChI is InChI=1S/C24H29FN4O/c1-17-7-8-19(15-18(17)2)16-28-11-13-29(14-12-28)22-20(5-4-6-21(22)25)23(30)24-26-9-10-27(24)3/h4-10,15,23,30H,11-14,16H2,1-3H3. The van der Waals surface area contributed by atoms with Gasteiger partial charge in [0, 0.05) is 57.7 Å². The van der Waals surface area contributed by atoms with Crippen LogP contribution in [0.5, 0.6) is 0 Å². The van der Waals surface area contributed by atoms with Crippen molar-refractivity contribution in [3.63, 3.8) is 0 Å². The summed E-state index contributed by atoms with van der Waals surface area (Å²) in [6.45, 7) is 8.29. The molecule has 0 bridgehead atoms. The molecule has 30 heavy (non-hydrogen) atoms. The Labute approximate surface area is 177 Å². The largest absolute Gasteiger partial charge is 0.380 e. The normalized spacial score (nSPS) is 16.1. The van der Waals surface area contributed by atoms with Crippen molar-refractivity contribution in [2.75, 3.05) is 31.1 Å². The van der Waals surface area contributed by atoms with Crippen LogP contribution in [0, 0.1) is 19.7 Å². The van der Waals surface area contributed by atoms with Gasteiger partial charge >= 0.3 is 0 Å². The van der Waals surface area contributed by atoms with Crippen LogP contribution in [0.4, 0.5) is 10.1 Å². The van der Waals surface area contributed by atoms with Crippen molar-refractivity contribution in [2.24, 2.45) is 7.05 Å². The van der Waals surface area contributed by atoms with Gasteiger partial charge in [0.15, 0.2) is 0 Å². The van der Waals surface area contributed by atoms with Gasteiger partial charge in [-0.15, -0.1) is 0 Å². The molecule has 0 spiro atoms. The zero-order chi connectivity index (χ0) is 21.3. The molecule has 0 saturated carbocycles. The van der Waals surface area contributed by atoms with Crippen LogP contribution in [0.2, 0.25) is 0 Å². The molecule has 0 amide bonds. The summed E-state index contributed by atoms with van der Waals surface area (Å²) in [6.07, 6.45) is 2.45. The molecule has 5 nitrogen and oxygen atoms in total. The van der Waals surface area contributed by atoms with Crippen molar-refractivity contribution in [3.05, 3.63) is 82.7 Å². The van der Waals surface area contributed by atoms with Gasteiger partial charge in [0.25, 0.3) is 0 Å². The monoisotopic (exact) mass is 408 g/mol. The van der Waals surface area contributed by atoms with Gasteiger partial charge in [0.05, 0.1) is 5.69 Å². The number of hydrogen-bond acceptors (Lipinski definition) is 4. The number of hydrogen-bond donors (Lipinski definition) is 1. The highest BCUT2D eigenvalue weighted by Crippen LogP contribution is 2.33. The summed E-state index contributed by atoms with van der Waals surface area (Å²) in [4.78, 5) is 8.69. The first-order valence-electron chi connectivity index (χ1n) is 10.4. The predicted octanol–water partition coefficient (Wildman–Crippen LogP) is 3.58. The number of anilines is 1. The number of halogens is 1. The van der Waals surface area contributed by atoms with Gasteiger partial charge in [-0.1, -0.05) is 30.3 Å². The molecule has 3 aromatic rings. The summed E-state index contributed by atoms with van der Waals surface area (Å²) in [5, 5.41) is 10.9. The van der Waals surface area contributed by atoms with Crippen molar-refractivity contribution < 1.29 is 9.50 Å². The molecule has 1 N–H and O–H groups in total. The molecule has 0 aliphatic carbocycles. The van der Waals surface area contributed by atoms with Crippen molar-refractivity contribution in [3.8, 4) is 0 Å². The highest BCUT2D eigenvalue weighted by molar-refractivity contribution is 5.57. The van der Waals surface area contributed by atoms with E-state index in [2.05, 4.69) is 41.9 Å². The minimum absolute atomic E-state index is 0.302. The average Bonchev–Trinajstić information content (AvgIpc) is 3.17. The van der Waals surface area contributed by atoms with Crippen LogP contribution in [0.3, 0.4) is 0 Å².